The smallest absolute Gasteiger partial charge is 0.410 e. The summed E-state index contributed by atoms with van der Waals surface area (Å²) in [5, 5.41) is 0. The minimum Gasteiger partial charge on any atom is -0.444 e. The molecule has 2 aliphatic heterocycles. The van der Waals surface area contributed by atoms with Crippen LogP contribution in [-0.2, 0) is 14.2 Å². The third kappa shape index (κ3) is 5.35. The monoisotopic (exact) mass is 327 g/mol. The Morgan fingerprint density at radius 2 is 1.91 bits per heavy atom. The van der Waals surface area contributed by atoms with Crippen LogP contribution in [0, 0.1) is 0 Å². The molecule has 0 N–H and O–H groups in total. The summed E-state index contributed by atoms with van der Waals surface area (Å²) in [5.41, 5.74) is -0.558. The molecule has 2 unspecified atom stereocenters. The zero-order valence-corrected chi connectivity index (χ0v) is 15.4. The van der Waals surface area contributed by atoms with Gasteiger partial charge in [-0.05, 0) is 59.8 Å². The van der Waals surface area contributed by atoms with Gasteiger partial charge in [-0.25, -0.2) is 4.79 Å². The quantitative estimate of drug-likeness (QED) is 0.789. The molecule has 0 saturated carbocycles. The van der Waals surface area contributed by atoms with Gasteiger partial charge < -0.3 is 19.1 Å². The summed E-state index contributed by atoms with van der Waals surface area (Å²) in [6.45, 7) is 12.1. The summed E-state index contributed by atoms with van der Waals surface area (Å²) in [7, 11) is 0. The van der Waals surface area contributed by atoms with Crippen LogP contribution in [0.2, 0.25) is 0 Å². The van der Waals surface area contributed by atoms with Crippen molar-refractivity contribution >= 4 is 6.09 Å². The van der Waals surface area contributed by atoms with E-state index in [9.17, 15) is 4.79 Å². The number of carbonyl (C=O) groups is 1. The van der Waals surface area contributed by atoms with E-state index in [-0.39, 0.29) is 17.8 Å². The van der Waals surface area contributed by atoms with Crippen molar-refractivity contribution in [1.29, 1.82) is 0 Å². The fourth-order valence-electron chi connectivity index (χ4n) is 3.30. The lowest BCUT2D eigenvalue weighted by atomic mass is 9.88. The number of piperidine rings is 1. The van der Waals surface area contributed by atoms with Crippen molar-refractivity contribution < 1.29 is 19.0 Å². The number of hydrogen-bond acceptors (Lipinski definition) is 4. The van der Waals surface area contributed by atoms with Crippen molar-refractivity contribution in [2.24, 2.45) is 0 Å². The van der Waals surface area contributed by atoms with Gasteiger partial charge in [0.05, 0.1) is 24.4 Å². The van der Waals surface area contributed by atoms with Gasteiger partial charge in [-0.2, -0.15) is 0 Å². The highest BCUT2D eigenvalue weighted by molar-refractivity contribution is 5.68. The minimum atomic E-state index is -0.441. The van der Waals surface area contributed by atoms with Gasteiger partial charge in [0.1, 0.15) is 5.60 Å². The third-order valence-corrected chi connectivity index (χ3v) is 4.87. The number of nitrogens with zero attached hydrogens (tertiary/aromatic N) is 1. The second kappa shape index (κ2) is 7.39. The van der Waals surface area contributed by atoms with Gasteiger partial charge in [-0.3, -0.25) is 0 Å². The lowest BCUT2D eigenvalue weighted by Gasteiger charge is -2.41. The first kappa shape index (κ1) is 18.5. The average Bonchev–Trinajstić information content (AvgIpc) is 2.89. The Kier molecular flexibility index (Phi) is 5.95. The Balaban J connectivity index is 1.81. The minimum absolute atomic E-state index is 0.117. The molecule has 2 fully saturated rings. The molecule has 1 amide bonds. The van der Waals surface area contributed by atoms with E-state index in [0.717, 1.165) is 32.1 Å². The molecule has 0 aromatic heterocycles. The number of likely N-dealkylation sites (tertiary alicyclic amines) is 1. The fourth-order valence-corrected chi connectivity index (χ4v) is 3.30. The highest BCUT2D eigenvalue weighted by Crippen LogP contribution is 2.32. The summed E-state index contributed by atoms with van der Waals surface area (Å²) < 4.78 is 17.6. The van der Waals surface area contributed by atoms with Crippen molar-refractivity contribution in [3.8, 4) is 0 Å². The Morgan fingerprint density at radius 1 is 1.26 bits per heavy atom. The Hall–Kier alpha value is -0.810. The zero-order chi connectivity index (χ0) is 17.1. The lowest BCUT2D eigenvalue weighted by molar-refractivity contribution is -0.118. The summed E-state index contributed by atoms with van der Waals surface area (Å²) >= 11 is 0. The van der Waals surface area contributed by atoms with Crippen LogP contribution in [0.1, 0.15) is 66.7 Å². The molecule has 0 bridgehead atoms. The average molecular weight is 327 g/mol. The zero-order valence-electron chi connectivity index (χ0n) is 15.4. The molecule has 0 radical (unpaired) electrons. The molecule has 2 aliphatic rings. The highest BCUT2D eigenvalue weighted by Gasteiger charge is 2.37. The molecule has 2 rings (SSSR count). The van der Waals surface area contributed by atoms with E-state index in [1.807, 2.05) is 20.8 Å². The van der Waals surface area contributed by atoms with Crippen LogP contribution in [0.5, 0.6) is 0 Å². The maximum atomic E-state index is 12.2. The topological polar surface area (TPSA) is 48.0 Å². The third-order valence-electron chi connectivity index (χ3n) is 4.87. The molecule has 0 aliphatic carbocycles. The summed E-state index contributed by atoms with van der Waals surface area (Å²) in [4.78, 5) is 14.0. The number of hydrogen-bond donors (Lipinski definition) is 0. The van der Waals surface area contributed by atoms with Crippen molar-refractivity contribution in [2.45, 2.75) is 90.1 Å². The van der Waals surface area contributed by atoms with Crippen molar-refractivity contribution in [2.75, 3.05) is 19.7 Å². The predicted molar refractivity (Wildman–Crippen MR) is 89.6 cm³/mol. The number of ether oxygens (including phenoxy) is 3. The van der Waals surface area contributed by atoms with E-state index in [1.54, 1.807) is 4.90 Å². The predicted octanol–water partition coefficient (Wildman–Crippen LogP) is 3.75. The molecule has 0 aromatic carbocycles. The number of amides is 1. The first-order valence-corrected chi connectivity index (χ1v) is 9.00. The second-order valence-electron chi connectivity index (χ2n) is 7.96. The van der Waals surface area contributed by atoms with Gasteiger partial charge in [0.15, 0.2) is 0 Å². The van der Waals surface area contributed by atoms with Gasteiger partial charge in [0.25, 0.3) is 0 Å². The van der Waals surface area contributed by atoms with Crippen LogP contribution in [0.3, 0.4) is 0 Å². The van der Waals surface area contributed by atoms with Gasteiger partial charge in [0, 0.05) is 13.1 Å². The maximum Gasteiger partial charge on any atom is 0.410 e. The second-order valence-corrected chi connectivity index (χ2v) is 7.96. The van der Waals surface area contributed by atoms with E-state index in [0.29, 0.717) is 25.8 Å². The Labute approximate surface area is 140 Å². The molecule has 2 atom stereocenters. The molecule has 5 heteroatoms. The Bertz CT molecular complexity index is 396. The molecular weight excluding hydrogens is 294 g/mol. The van der Waals surface area contributed by atoms with Gasteiger partial charge in [-0.15, -0.1) is 0 Å². The van der Waals surface area contributed by atoms with Gasteiger partial charge in [-0.1, -0.05) is 6.92 Å². The Morgan fingerprint density at radius 3 is 2.39 bits per heavy atom. The molecule has 2 heterocycles. The normalized spacial score (nSPS) is 28.0. The van der Waals surface area contributed by atoms with Crippen LogP contribution in [0.15, 0.2) is 0 Å². The molecule has 5 nitrogen and oxygen atoms in total. The molecular formula is C18H33NO4. The number of carbonyl (C=O) groups excluding carboxylic acids is 1. The van der Waals surface area contributed by atoms with Crippen molar-refractivity contribution in [3.05, 3.63) is 0 Å². The van der Waals surface area contributed by atoms with Gasteiger partial charge >= 0.3 is 6.09 Å². The maximum absolute atomic E-state index is 12.2. The van der Waals surface area contributed by atoms with Crippen molar-refractivity contribution in [3.63, 3.8) is 0 Å². The lowest BCUT2D eigenvalue weighted by Crippen LogP contribution is -2.49. The van der Waals surface area contributed by atoms with Crippen LogP contribution < -0.4 is 0 Å². The largest absolute Gasteiger partial charge is 0.444 e. The van der Waals surface area contributed by atoms with E-state index < -0.39 is 5.60 Å². The summed E-state index contributed by atoms with van der Waals surface area (Å²) in [5.74, 6) is 0. The van der Waals surface area contributed by atoms with Crippen LogP contribution in [0.25, 0.3) is 0 Å². The van der Waals surface area contributed by atoms with Gasteiger partial charge in [0.2, 0.25) is 0 Å². The molecule has 2 saturated heterocycles. The van der Waals surface area contributed by atoms with E-state index in [1.165, 1.54) is 0 Å². The summed E-state index contributed by atoms with van der Waals surface area (Å²) in [6.07, 6.45) is 5.29. The SMILES string of the molecule is CCC1(OCC2CCC(C)O2)CCN(C(=O)OC(C)(C)C)CC1. The number of rotatable bonds is 4. The van der Waals surface area contributed by atoms with Crippen LogP contribution >= 0.6 is 0 Å². The first-order valence-electron chi connectivity index (χ1n) is 9.00. The first-order chi connectivity index (χ1) is 10.7. The summed E-state index contributed by atoms with van der Waals surface area (Å²) in [6, 6.07) is 0. The van der Waals surface area contributed by atoms with E-state index in [2.05, 4.69) is 13.8 Å². The molecule has 134 valence electrons. The van der Waals surface area contributed by atoms with Crippen LogP contribution in [-0.4, -0.2) is 54.1 Å². The standard InChI is InChI=1S/C18H33NO4/c1-6-18(21-13-15-8-7-14(2)22-15)9-11-19(12-10-18)16(20)23-17(3,4)5/h14-15H,6-13H2,1-5H3. The molecule has 0 aromatic rings. The molecule has 0 spiro atoms. The van der Waals surface area contributed by atoms with Crippen LogP contribution in [0.4, 0.5) is 4.79 Å². The molecule has 23 heavy (non-hydrogen) atoms. The van der Waals surface area contributed by atoms with E-state index >= 15 is 0 Å². The highest BCUT2D eigenvalue weighted by atomic mass is 16.6. The van der Waals surface area contributed by atoms with E-state index in [4.69, 9.17) is 14.2 Å². The van der Waals surface area contributed by atoms with Crippen molar-refractivity contribution in [1.82, 2.24) is 4.90 Å². The fraction of sp³-hybridized carbons (Fsp3) is 0.944.